The Balaban J connectivity index is 1.29. The van der Waals surface area contributed by atoms with Crippen molar-refractivity contribution in [3.63, 3.8) is 0 Å². The highest BCUT2D eigenvalue weighted by Gasteiger charge is 2.12. The molecule has 5 nitrogen and oxygen atoms in total. The molecule has 0 bridgehead atoms. The summed E-state index contributed by atoms with van der Waals surface area (Å²) in [6.07, 6.45) is 5.87. The molecule has 4 rings (SSSR count). The quantitative estimate of drug-likeness (QED) is 0.827. The van der Waals surface area contributed by atoms with E-state index in [0.29, 0.717) is 19.8 Å². The lowest BCUT2D eigenvalue weighted by atomic mass is 10.1. The zero-order valence-corrected chi connectivity index (χ0v) is 15.3. The molecule has 1 saturated heterocycles. The summed E-state index contributed by atoms with van der Waals surface area (Å²) in [5.41, 5.74) is 3.27. The Kier molecular flexibility index (Phi) is 5.28. The molecule has 0 aliphatic carbocycles. The number of amides is 1. The van der Waals surface area contributed by atoms with E-state index in [9.17, 15) is 4.79 Å². The summed E-state index contributed by atoms with van der Waals surface area (Å²) in [4.78, 5) is 14.5. The Labute approximate surface area is 159 Å². The van der Waals surface area contributed by atoms with Crippen molar-refractivity contribution in [3.05, 3.63) is 59.7 Å². The standard InChI is InChI=1S/C22H24N2O3/c25-22(10-6-17-5-9-20-21(15-17)27-14-13-26-20)23-16-18-3-7-19(8-4-18)24-11-1-2-12-24/h3-10,15H,1-2,11-14,16H2,(H,23,25)/b10-6+. The van der Waals surface area contributed by atoms with Crippen LogP contribution in [0.25, 0.3) is 6.08 Å². The summed E-state index contributed by atoms with van der Waals surface area (Å²) in [5.74, 6) is 1.36. The van der Waals surface area contributed by atoms with Gasteiger partial charge in [-0.3, -0.25) is 4.79 Å². The highest BCUT2D eigenvalue weighted by Crippen LogP contribution is 2.31. The van der Waals surface area contributed by atoms with Crippen LogP contribution in [0.5, 0.6) is 11.5 Å². The van der Waals surface area contributed by atoms with E-state index in [1.165, 1.54) is 18.5 Å². The number of carbonyl (C=O) groups excluding carboxylic acids is 1. The Bertz CT molecular complexity index is 824. The molecular weight excluding hydrogens is 340 g/mol. The van der Waals surface area contributed by atoms with Crippen LogP contribution in [-0.4, -0.2) is 32.2 Å². The number of benzene rings is 2. The van der Waals surface area contributed by atoms with Crippen molar-refractivity contribution in [3.8, 4) is 11.5 Å². The number of fused-ring (bicyclic) bond motifs is 1. The maximum Gasteiger partial charge on any atom is 0.244 e. The highest BCUT2D eigenvalue weighted by atomic mass is 16.6. The lowest BCUT2D eigenvalue weighted by Crippen LogP contribution is -2.20. The van der Waals surface area contributed by atoms with Gasteiger partial charge in [-0.25, -0.2) is 0 Å². The van der Waals surface area contributed by atoms with Gasteiger partial charge in [-0.15, -0.1) is 0 Å². The van der Waals surface area contributed by atoms with Crippen LogP contribution in [0.15, 0.2) is 48.5 Å². The minimum Gasteiger partial charge on any atom is -0.486 e. The van der Waals surface area contributed by atoms with Gasteiger partial charge in [0.05, 0.1) is 0 Å². The van der Waals surface area contributed by atoms with Gasteiger partial charge in [0.1, 0.15) is 13.2 Å². The van der Waals surface area contributed by atoms with Crippen LogP contribution in [-0.2, 0) is 11.3 Å². The van der Waals surface area contributed by atoms with Gasteiger partial charge in [-0.1, -0.05) is 18.2 Å². The number of rotatable bonds is 5. The molecule has 0 spiro atoms. The fraction of sp³-hybridized carbons (Fsp3) is 0.318. The Morgan fingerprint density at radius 3 is 2.52 bits per heavy atom. The summed E-state index contributed by atoms with van der Waals surface area (Å²) in [5, 5.41) is 2.93. The van der Waals surface area contributed by atoms with E-state index in [1.54, 1.807) is 12.2 Å². The molecule has 2 heterocycles. The topological polar surface area (TPSA) is 50.8 Å². The molecule has 0 unspecified atom stereocenters. The minimum atomic E-state index is -0.117. The van der Waals surface area contributed by atoms with Crippen molar-refractivity contribution in [2.45, 2.75) is 19.4 Å². The molecule has 2 aromatic carbocycles. The zero-order valence-electron chi connectivity index (χ0n) is 15.3. The summed E-state index contributed by atoms with van der Waals surface area (Å²) in [6.45, 7) is 3.92. The van der Waals surface area contributed by atoms with Gasteiger partial charge in [0.2, 0.25) is 5.91 Å². The molecule has 140 valence electrons. The average molecular weight is 364 g/mol. The first-order chi connectivity index (χ1) is 13.3. The largest absolute Gasteiger partial charge is 0.486 e. The number of ether oxygens (including phenoxy) is 2. The van der Waals surface area contributed by atoms with E-state index in [2.05, 4.69) is 34.5 Å². The summed E-state index contributed by atoms with van der Waals surface area (Å²) in [6, 6.07) is 14.1. The van der Waals surface area contributed by atoms with Gasteiger partial charge in [0.15, 0.2) is 11.5 Å². The monoisotopic (exact) mass is 364 g/mol. The van der Waals surface area contributed by atoms with Crippen LogP contribution in [0.4, 0.5) is 5.69 Å². The first-order valence-electron chi connectivity index (χ1n) is 9.47. The maximum atomic E-state index is 12.1. The fourth-order valence-electron chi connectivity index (χ4n) is 3.38. The Morgan fingerprint density at radius 2 is 1.74 bits per heavy atom. The molecule has 0 atom stereocenters. The number of nitrogens with zero attached hydrogens (tertiary/aromatic N) is 1. The number of nitrogens with one attached hydrogen (secondary N) is 1. The Hall–Kier alpha value is -2.95. The third kappa shape index (κ3) is 4.42. The lowest BCUT2D eigenvalue weighted by molar-refractivity contribution is -0.116. The molecular formula is C22H24N2O3. The number of hydrogen-bond acceptors (Lipinski definition) is 4. The molecule has 2 aliphatic rings. The van der Waals surface area contributed by atoms with E-state index >= 15 is 0 Å². The summed E-state index contributed by atoms with van der Waals surface area (Å²) < 4.78 is 11.1. The third-order valence-electron chi connectivity index (χ3n) is 4.87. The van der Waals surface area contributed by atoms with E-state index < -0.39 is 0 Å². The minimum absolute atomic E-state index is 0.117. The molecule has 0 aromatic heterocycles. The predicted octanol–water partition coefficient (Wildman–Crippen LogP) is 3.39. The second-order valence-corrected chi connectivity index (χ2v) is 6.81. The van der Waals surface area contributed by atoms with Crippen LogP contribution < -0.4 is 19.7 Å². The van der Waals surface area contributed by atoms with Crippen LogP contribution in [0.2, 0.25) is 0 Å². The van der Waals surface area contributed by atoms with Crippen molar-refractivity contribution in [1.82, 2.24) is 5.32 Å². The second kappa shape index (κ2) is 8.16. The fourth-order valence-corrected chi connectivity index (χ4v) is 3.38. The van der Waals surface area contributed by atoms with Gasteiger partial charge < -0.3 is 19.7 Å². The van der Waals surface area contributed by atoms with Crippen LogP contribution in [0.1, 0.15) is 24.0 Å². The van der Waals surface area contributed by atoms with Gasteiger partial charge in [0, 0.05) is 31.4 Å². The lowest BCUT2D eigenvalue weighted by Gasteiger charge is -2.18. The number of hydrogen-bond donors (Lipinski definition) is 1. The number of anilines is 1. The van der Waals surface area contributed by atoms with E-state index in [0.717, 1.165) is 35.7 Å². The molecule has 27 heavy (non-hydrogen) atoms. The van der Waals surface area contributed by atoms with Gasteiger partial charge in [-0.05, 0) is 54.3 Å². The number of carbonyl (C=O) groups is 1. The SMILES string of the molecule is O=C(/C=C/c1ccc2c(c1)OCCO2)NCc1ccc(N2CCCC2)cc1. The molecule has 2 aliphatic heterocycles. The van der Waals surface area contributed by atoms with Crippen LogP contribution in [0.3, 0.4) is 0 Å². The van der Waals surface area contributed by atoms with Gasteiger partial charge in [-0.2, -0.15) is 0 Å². The zero-order chi connectivity index (χ0) is 18.5. The molecule has 2 aromatic rings. The van der Waals surface area contributed by atoms with Crippen LogP contribution >= 0.6 is 0 Å². The summed E-state index contributed by atoms with van der Waals surface area (Å²) >= 11 is 0. The van der Waals surface area contributed by atoms with Crippen molar-refractivity contribution < 1.29 is 14.3 Å². The van der Waals surface area contributed by atoms with Crippen LogP contribution in [0, 0.1) is 0 Å². The Morgan fingerprint density at radius 1 is 1.00 bits per heavy atom. The van der Waals surface area contributed by atoms with Crippen molar-refractivity contribution in [1.29, 1.82) is 0 Å². The molecule has 5 heteroatoms. The van der Waals surface area contributed by atoms with Gasteiger partial charge in [0.25, 0.3) is 0 Å². The van der Waals surface area contributed by atoms with Crippen molar-refractivity contribution >= 4 is 17.7 Å². The molecule has 0 radical (unpaired) electrons. The van der Waals surface area contributed by atoms with Gasteiger partial charge >= 0.3 is 0 Å². The predicted molar refractivity (Wildman–Crippen MR) is 106 cm³/mol. The second-order valence-electron chi connectivity index (χ2n) is 6.81. The highest BCUT2D eigenvalue weighted by molar-refractivity contribution is 5.91. The maximum absolute atomic E-state index is 12.1. The average Bonchev–Trinajstić information content (AvgIpc) is 3.26. The van der Waals surface area contributed by atoms with E-state index in [4.69, 9.17) is 9.47 Å². The first-order valence-corrected chi connectivity index (χ1v) is 9.47. The van der Waals surface area contributed by atoms with E-state index in [-0.39, 0.29) is 5.91 Å². The molecule has 0 saturated carbocycles. The summed E-state index contributed by atoms with van der Waals surface area (Å²) in [7, 11) is 0. The van der Waals surface area contributed by atoms with Crippen molar-refractivity contribution in [2.24, 2.45) is 0 Å². The first kappa shape index (κ1) is 17.5. The van der Waals surface area contributed by atoms with E-state index in [1.807, 2.05) is 18.2 Å². The third-order valence-corrected chi connectivity index (χ3v) is 4.87. The molecule has 1 N–H and O–H groups in total. The van der Waals surface area contributed by atoms with Crippen molar-refractivity contribution in [2.75, 3.05) is 31.2 Å². The normalized spacial score (nSPS) is 15.9. The molecule has 1 amide bonds. The molecule has 1 fully saturated rings. The smallest absolute Gasteiger partial charge is 0.244 e.